The third-order valence-corrected chi connectivity index (χ3v) is 8.39. The van der Waals surface area contributed by atoms with Crippen molar-refractivity contribution in [3.05, 3.63) is 48.5 Å². The Hall–Kier alpha value is -2.84. The molecule has 7 nitrogen and oxygen atoms in total. The molecule has 0 aliphatic carbocycles. The van der Waals surface area contributed by atoms with E-state index < -0.39 is 27.5 Å². The number of aliphatic hydroxyl groups is 1. The highest BCUT2D eigenvalue weighted by atomic mass is 32.2. The molecule has 8 heteroatoms. The number of nitrogens with one attached hydrogen (secondary N) is 1. The van der Waals surface area contributed by atoms with Crippen molar-refractivity contribution >= 4 is 32.4 Å². The van der Waals surface area contributed by atoms with Crippen molar-refractivity contribution < 1.29 is 18.8 Å². The number of ether oxygens (including phenoxy) is 1. The van der Waals surface area contributed by atoms with Gasteiger partial charge < -0.3 is 14.7 Å². The summed E-state index contributed by atoms with van der Waals surface area (Å²) in [7, 11) is -2.97. The fourth-order valence-electron chi connectivity index (χ4n) is 4.63. The molecule has 2 N–H and O–H groups in total. The second-order valence-corrected chi connectivity index (χ2v) is 12.7. The van der Waals surface area contributed by atoms with E-state index in [1.807, 2.05) is 64.1 Å². The number of fused-ring (bicyclic) bond motifs is 1. The van der Waals surface area contributed by atoms with Gasteiger partial charge in [-0.3, -0.25) is 0 Å². The minimum atomic E-state index is -2.97. The van der Waals surface area contributed by atoms with Crippen molar-refractivity contribution in [3.8, 4) is 11.3 Å². The van der Waals surface area contributed by atoms with Gasteiger partial charge in [0.05, 0.1) is 27.0 Å². The minimum absolute atomic E-state index is 0.148. The van der Waals surface area contributed by atoms with Crippen molar-refractivity contribution in [1.29, 1.82) is 4.78 Å². The van der Waals surface area contributed by atoms with Gasteiger partial charge in [-0.15, -0.1) is 0 Å². The summed E-state index contributed by atoms with van der Waals surface area (Å²) >= 11 is 0. The van der Waals surface area contributed by atoms with Crippen LogP contribution in [0.1, 0.15) is 41.0 Å². The average Bonchev–Trinajstić information content (AvgIpc) is 3.43. The Morgan fingerprint density at radius 2 is 1.94 bits per heavy atom. The van der Waals surface area contributed by atoms with Crippen LogP contribution in [-0.4, -0.2) is 50.5 Å². The van der Waals surface area contributed by atoms with Gasteiger partial charge in [0.25, 0.3) is 0 Å². The Bertz CT molecular complexity index is 1350. The van der Waals surface area contributed by atoms with Crippen molar-refractivity contribution in [3.63, 3.8) is 0 Å². The molecule has 0 radical (unpaired) electrons. The van der Waals surface area contributed by atoms with E-state index >= 15 is 0 Å². The Kier molecular flexibility index (Phi) is 6.72. The number of hydrogen-bond acceptors (Lipinski definition) is 6. The molecule has 2 aromatic carbocycles. The molecule has 2 heterocycles. The Balaban J connectivity index is 1.96. The molecule has 0 bridgehead atoms. The number of para-hydroxylation sites is 1. The lowest BCUT2D eigenvalue weighted by atomic mass is 10.0. The second-order valence-electron chi connectivity index (χ2n) is 10.3. The van der Waals surface area contributed by atoms with E-state index in [0.717, 1.165) is 35.1 Å². The largest absolute Gasteiger partial charge is 0.443 e. The first kappa shape index (κ1) is 25.3. The van der Waals surface area contributed by atoms with Crippen LogP contribution < -0.4 is 4.90 Å². The van der Waals surface area contributed by atoms with Crippen molar-refractivity contribution in [2.75, 3.05) is 23.7 Å². The highest BCUT2D eigenvalue weighted by molar-refractivity contribution is 7.92. The Morgan fingerprint density at radius 3 is 2.57 bits per heavy atom. The SMILES string of the molecule is CC[S@@](=N)(=O)c1ccc(N2CC[C@H]([C@H](C)O)C2)c(-c2cc3ccccc3n2C(=O)OC(C)(C)C)c1. The van der Waals surface area contributed by atoms with Gasteiger partial charge >= 0.3 is 6.09 Å². The van der Waals surface area contributed by atoms with Gasteiger partial charge in [0, 0.05) is 46.3 Å². The molecule has 4 rings (SSSR count). The molecule has 0 saturated carbocycles. The summed E-state index contributed by atoms with van der Waals surface area (Å²) in [5, 5.41) is 11.0. The van der Waals surface area contributed by atoms with Crippen LogP contribution in [-0.2, 0) is 14.5 Å². The minimum Gasteiger partial charge on any atom is -0.443 e. The number of benzene rings is 2. The molecule has 1 aromatic heterocycles. The predicted molar refractivity (Wildman–Crippen MR) is 141 cm³/mol. The summed E-state index contributed by atoms with van der Waals surface area (Å²) in [6, 6.07) is 15.0. The number of hydrogen-bond donors (Lipinski definition) is 2. The highest BCUT2D eigenvalue weighted by Gasteiger charge is 2.30. The lowest BCUT2D eigenvalue weighted by molar-refractivity contribution is 0.0547. The van der Waals surface area contributed by atoms with Gasteiger partial charge in [0.15, 0.2) is 0 Å². The van der Waals surface area contributed by atoms with Crippen LogP contribution >= 0.6 is 0 Å². The third kappa shape index (κ3) is 5.09. The standard InChI is InChI=1S/C27H35N3O4S/c1-6-35(28,33)21-11-12-24(29-14-13-20(17-29)18(2)31)22(16-21)25-15-19-9-7-8-10-23(19)30(25)26(32)34-27(3,4)5/h7-12,15-16,18,20,28,31H,6,13-14,17H2,1-5H3/t18-,20-,35+/m0/s1. The van der Waals surface area contributed by atoms with Gasteiger partial charge in [0.1, 0.15) is 5.60 Å². The van der Waals surface area contributed by atoms with Gasteiger partial charge in [0.2, 0.25) is 0 Å². The van der Waals surface area contributed by atoms with Crippen molar-refractivity contribution in [2.45, 2.75) is 57.6 Å². The van der Waals surface area contributed by atoms with Crippen LogP contribution in [0.25, 0.3) is 22.2 Å². The predicted octanol–water partition coefficient (Wildman–Crippen LogP) is 5.72. The topological polar surface area (TPSA) is 95.6 Å². The van der Waals surface area contributed by atoms with Crippen molar-refractivity contribution in [2.24, 2.45) is 5.92 Å². The molecular weight excluding hydrogens is 462 g/mol. The van der Waals surface area contributed by atoms with Gasteiger partial charge in [-0.25, -0.2) is 18.4 Å². The van der Waals surface area contributed by atoms with E-state index in [1.54, 1.807) is 23.6 Å². The maximum absolute atomic E-state index is 13.4. The first-order valence-corrected chi connectivity index (χ1v) is 13.8. The molecule has 35 heavy (non-hydrogen) atoms. The zero-order chi connectivity index (χ0) is 25.5. The molecule has 0 amide bonds. The lowest BCUT2D eigenvalue weighted by Crippen LogP contribution is -2.28. The van der Waals surface area contributed by atoms with E-state index in [-0.39, 0.29) is 11.7 Å². The number of carbonyl (C=O) groups excluding carboxylic acids is 1. The van der Waals surface area contributed by atoms with Crippen LogP contribution in [0.2, 0.25) is 0 Å². The third-order valence-electron chi connectivity index (χ3n) is 6.57. The molecule has 1 aliphatic heterocycles. The maximum Gasteiger partial charge on any atom is 0.419 e. The number of rotatable bonds is 5. The average molecular weight is 498 g/mol. The zero-order valence-electron chi connectivity index (χ0n) is 21.1. The van der Waals surface area contributed by atoms with Crippen LogP contribution in [0.3, 0.4) is 0 Å². The summed E-state index contributed by atoms with van der Waals surface area (Å²) in [5.74, 6) is 0.351. The molecule has 188 valence electrons. The maximum atomic E-state index is 13.4. The number of carbonyl (C=O) groups is 1. The summed E-state index contributed by atoms with van der Waals surface area (Å²) in [6.45, 7) is 10.5. The van der Waals surface area contributed by atoms with Crippen LogP contribution in [0.5, 0.6) is 0 Å². The van der Waals surface area contributed by atoms with E-state index in [2.05, 4.69) is 4.90 Å². The van der Waals surface area contributed by atoms with E-state index in [9.17, 15) is 14.1 Å². The van der Waals surface area contributed by atoms with E-state index in [1.165, 1.54) is 0 Å². The van der Waals surface area contributed by atoms with Gasteiger partial charge in [-0.1, -0.05) is 25.1 Å². The summed E-state index contributed by atoms with van der Waals surface area (Å²) < 4.78 is 28.7. The number of aromatic nitrogens is 1. The molecule has 1 fully saturated rings. The lowest BCUT2D eigenvalue weighted by Gasteiger charge is -2.25. The zero-order valence-corrected chi connectivity index (χ0v) is 21.9. The van der Waals surface area contributed by atoms with E-state index in [4.69, 9.17) is 9.52 Å². The smallest absolute Gasteiger partial charge is 0.419 e. The Labute approximate surface area is 207 Å². The van der Waals surface area contributed by atoms with Crippen molar-refractivity contribution in [1.82, 2.24) is 4.57 Å². The summed E-state index contributed by atoms with van der Waals surface area (Å²) in [5.41, 5.74) is 2.28. The van der Waals surface area contributed by atoms with Gasteiger partial charge in [-0.2, -0.15) is 0 Å². The van der Waals surface area contributed by atoms with Gasteiger partial charge in [-0.05, 0) is 64.4 Å². The monoisotopic (exact) mass is 497 g/mol. The number of aliphatic hydroxyl groups excluding tert-OH is 1. The highest BCUT2D eigenvalue weighted by Crippen LogP contribution is 2.39. The Morgan fingerprint density at radius 1 is 1.23 bits per heavy atom. The first-order chi connectivity index (χ1) is 16.4. The first-order valence-electron chi connectivity index (χ1n) is 12.1. The molecule has 1 saturated heterocycles. The molecule has 0 unspecified atom stereocenters. The molecule has 3 atom stereocenters. The molecule has 0 spiro atoms. The molecule has 1 aliphatic rings. The fourth-order valence-corrected chi connectivity index (χ4v) is 5.55. The molecular formula is C27H35N3O4S. The summed E-state index contributed by atoms with van der Waals surface area (Å²) in [4.78, 5) is 16.1. The second kappa shape index (κ2) is 9.32. The molecule has 3 aromatic rings. The summed E-state index contributed by atoms with van der Waals surface area (Å²) in [6.07, 6.45) is -0.0450. The number of nitrogens with zero attached hydrogens (tertiary/aromatic N) is 2. The van der Waals surface area contributed by atoms with Crippen LogP contribution in [0.15, 0.2) is 53.4 Å². The van der Waals surface area contributed by atoms with Crippen LogP contribution in [0.4, 0.5) is 10.5 Å². The van der Waals surface area contributed by atoms with E-state index in [0.29, 0.717) is 17.1 Å². The normalized spacial score (nSPS) is 19.0. The van der Waals surface area contributed by atoms with Crippen LogP contribution in [0, 0.1) is 10.7 Å². The quantitative estimate of drug-likeness (QED) is 0.470. The number of anilines is 1. The fraction of sp³-hybridized carbons (Fsp3) is 0.444.